The molecule has 2 heteroatoms. The van der Waals surface area contributed by atoms with Crippen LogP contribution in [0.5, 0.6) is 11.5 Å². The van der Waals surface area contributed by atoms with Gasteiger partial charge >= 0.3 is 0 Å². The summed E-state index contributed by atoms with van der Waals surface area (Å²) < 4.78 is 10.8. The Kier molecular flexibility index (Phi) is 5.94. The van der Waals surface area contributed by atoms with Gasteiger partial charge in [0.2, 0.25) is 0 Å². The Labute approximate surface area is 116 Å². The van der Waals surface area contributed by atoms with Gasteiger partial charge in [-0.2, -0.15) is 0 Å². The van der Waals surface area contributed by atoms with Crippen LogP contribution in [-0.2, 0) is 0 Å². The van der Waals surface area contributed by atoms with Crippen molar-refractivity contribution < 1.29 is 9.47 Å². The molecule has 2 aromatic rings. The lowest BCUT2D eigenvalue weighted by atomic mass is 9.99. The third-order valence-electron chi connectivity index (χ3n) is 2.88. The zero-order valence-electron chi connectivity index (χ0n) is 12.4. The van der Waals surface area contributed by atoms with Gasteiger partial charge in [-0.1, -0.05) is 44.2 Å². The van der Waals surface area contributed by atoms with Gasteiger partial charge < -0.3 is 9.47 Å². The standard InChI is InChI=1S/C15H16O2.C2H6/c1-11-13(16-2)9-10-14(17-3)15(11)12-7-5-4-6-8-12;1-2/h4-10H,1-3H3;1-2H3. The van der Waals surface area contributed by atoms with Crippen LogP contribution in [0.15, 0.2) is 42.5 Å². The summed E-state index contributed by atoms with van der Waals surface area (Å²) >= 11 is 0. The first-order chi connectivity index (χ1) is 9.27. The molecular formula is C17H22O2. The van der Waals surface area contributed by atoms with Crippen LogP contribution in [0.1, 0.15) is 19.4 Å². The second-order valence-electron chi connectivity index (χ2n) is 3.84. The van der Waals surface area contributed by atoms with E-state index in [1.807, 2.05) is 51.1 Å². The summed E-state index contributed by atoms with van der Waals surface area (Å²) in [6.45, 7) is 6.05. The molecule has 0 amide bonds. The first-order valence-corrected chi connectivity index (χ1v) is 6.55. The minimum Gasteiger partial charge on any atom is -0.496 e. The molecule has 0 aliphatic carbocycles. The zero-order valence-corrected chi connectivity index (χ0v) is 12.4. The van der Waals surface area contributed by atoms with Gasteiger partial charge in [0.15, 0.2) is 0 Å². The van der Waals surface area contributed by atoms with Crippen molar-refractivity contribution in [3.63, 3.8) is 0 Å². The van der Waals surface area contributed by atoms with Crippen molar-refractivity contribution in [2.75, 3.05) is 14.2 Å². The SMILES string of the molecule is CC.COc1ccc(OC)c(-c2ccccc2)c1C. The summed E-state index contributed by atoms with van der Waals surface area (Å²) in [4.78, 5) is 0. The summed E-state index contributed by atoms with van der Waals surface area (Å²) in [5.74, 6) is 1.75. The molecule has 0 aliphatic heterocycles. The van der Waals surface area contributed by atoms with E-state index in [9.17, 15) is 0 Å². The van der Waals surface area contributed by atoms with Crippen molar-refractivity contribution in [2.24, 2.45) is 0 Å². The highest BCUT2D eigenvalue weighted by Crippen LogP contribution is 2.37. The van der Waals surface area contributed by atoms with E-state index in [-0.39, 0.29) is 0 Å². The molecule has 2 nitrogen and oxygen atoms in total. The third kappa shape index (κ3) is 3.28. The Morgan fingerprint density at radius 2 is 1.26 bits per heavy atom. The maximum atomic E-state index is 5.42. The average Bonchev–Trinajstić information content (AvgIpc) is 2.49. The van der Waals surface area contributed by atoms with Crippen LogP contribution in [0.4, 0.5) is 0 Å². The van der Waals surface area contributed by atoms with Crippen molar-refractivity contribution in [3.05, 3.63) is 48.0 Å². The van der Waals surface area contributed by atoms with Gasteiger partial charge in [0.05, 0.1) is 14.2 Å². The molecule has 0 saturated carbocycles. The molecule has 0 aliphatic rings. The Hall–Kier alpha value is -1.96. The van der Waals surface area contributed by atoms with Gasteiger partial charge in [-0.15, -0.1) is 0 Å². The van der Waals surface area contributed by atoms with Crippen LogP contribution in [0.2, 0.25) is 0 Å². The molecule has 0 aromatic heterocycles. The number of methoxy groups -OCH3 is 2. The minimum absolute atomic E-state index is 0.870. The summed E-state index contributed by atoms with van der Waals surface area (Å²) in [6.07, 6.45) is 0. The topological polar surface area (TPSA) is 18.5 Å². The Morgan fingerprint density at radius 1 is 0.737 bits per heavy atom. The van der Waals surface area contributed by atoms with Crippen molar-refractivity contribution >= 4 is 0 Å². The second kappa shape index (κ2) is 7.47. The fourth-order valence-corrected chi connectivity index (χ4v) is 2.02. The predicted octanol–water partition coefficient (Wildman–Crippen LogP) is 4.71. The van der Waals surface area contributed by atoms with Gasteiger partial charge in [-0.25, -0.2) is 0 Å². The maximum absolute atomic E-state index is 5.42. The number of benzene rings is 2. The smallest absolute Gasteiger partial charge is 0.127 e. The summed E-state index contributed by atoms with van der Waals surface area (Å²) in [5.41, 5.74) is 3.33. The molecule has 0 spiro atoms. The molecule has 102 valence electrons. The molecule has 2 rings (SSSR count). The highest BCUT2D eigenvalue weighted by molar-refractivity contribution is 5.76. The Bertz CT molecular complexity index is 504. The fourth-order valence-electron chi connectivity index (χ4n) is 2.02. The Balaban J connectivity index is 0.000000861. The van der Waals surface area contributed by atoms with E-state index < -0.39 is 0 Å². The lowest BCUT2D eigenvalue weighted by Crippen LogP contribution is -1.94. The molecule has 19 heavy (non-hydrogen) atoms. The van der Waals surface area contributed by atoms with Crippen molar-refractivity contribution in [3.8, 4) is 22.6 Å². The lowest BCUT2D eigenvalue weighted by molar-refractivity contribution is 0.402. The Morgan fingerprint density at radius 3 is 1.79 bits per heavy atom. The van der Waals surface area contributed by atoms with Gasteiger partial charge in [-0.3, -0.25) is 0 Å². The minimum atomic E-state index is 0.870. The van der Waals surface area contributed by atoms with E-state index >= 15 is 0 Å². The zero-order chi connectivity index (χ0) is 14.3. The monoisotopic (exact) mass is 258 g/mol. The highest BCUT2D eigenvalue weighted by atomic mass is 16.5. The van der Waals surface area contributed by atoms with Crippen molar-refractivity contribution in [2.45, 2.75) is 20.8 Å². The van der Waals surface area contributed by atoms with Crippen LogP contribution in [0.3, 0.4) is 0 Å². The van der Waals surface area contributed by atoms with E-state index in [1.165, 1.54) is 0 Å². The van der Waals surface area contributed by atoms with E-state index in [4.69, 9.17) is 9.47 Å². The van der Waals surface area contributed by atoms with Crippen molar-refractivity contribution in [1.29, 1.82) is 0 Å². The van der Waals surface area contributed by atoms with Crippen LogP contribution in [-0.4, -0.2) is 14.2 Å². The summed E-state index contributed by atoms with van der Waals surface area (Å²) in [7, 11) is 3.37. The van der Waals surface area contributed by atoms with E-state index in [1.54, 1.807) is 14.2 Å². The normalized spacial score (nSPS) is 9.32. The fraction of sp³-hybridized carbons (Fsp3) is 0.294. The quantitative estimate of drug-likeness (QED) is 0.794. The van der Waals surface area contributed by atoms with Crippen LogP contribution < -0.4 is 9.47 Å². The van der Waals surface area contributed by atoms with Gasteiger partial charge in [-0.05, 0) is 24.6 Å². The highest BCUT2D eigenvalue weighted by Gasteiger charge is 2.12. The lowest BCUT2D eigenvalue weighted by Gasteiger charge is -2.14. The van der Waals surface area contributed by atoms with Crippen LogP contribution >= 0.6 is 0 Å². The van der Waals surface area contributed by atoms with Crippen LogP contribution in [0.25, 0.3) is 11.1 Å². The van der Waals surface area contributed by atoms with Gasteiger partial charge in [0, 0.05) is 11.1 Å². The molecule has 0 saturated heterocycles. The average molecular weight is 258 g/mol. The van der Waals surface area contributed by atoms with Crippen molar-refractivity contribution in [1.82, 2.24) is 0 Å². The van der Waals surface area contributed by atoms with E-state index in [2.05, 4.69) is 12.1 Å². The molecule has 0 atom stereocenters. The molecule has 0 N–H and O–H groups in total. The third-order valence-corrected chi connectivity index (χ3v) is 2.88. The molecule has 0 bridgehead atoms. The van der Waals surface area contributed by atoms with E-state index in [0.29, 0.717) is 0 Å². The first kappa shape index (κ1) is 15.1. The predicted molar refractivity (Wildman–Crippen MR) is 81.1 cm³/mol. The summed E-state index contributed by atoms with van der Waals surface area (Å²) in [6, 6.07) is 14.1. The number of hydrogen-bond donors (Lipinski definition) is 0. The summed E-state index contributed by atoms with van der Waals surface area (Å²) in [5, 5.41) is 0. The maximum Gasteiger partial charge on any atom is 0.127 e. The second-order valence-corrected chi connectivity index (χ2v) is 3.84. The van der Waals surface area contributed by atoms with Gasteiger partial charge in [0.1, 0.15) is 11.5 Å². The van der Waals surface area contributed by atoms with Crippen LogP contribution in [0, 0.1) is 6.92 Å². The molecular weight excluding hydrogens is 236 g/mol. The first-order valence-electron chi connectivity index (χ1n) is 6.55. The molecule has 0 heterocycles. The van der Waals surface area contributed by atoms with Gasteiger partial charge in [0.25, 0.3) is 0 Å². The number of hydrogen-bond acceptors (Lipinski definition) is 2. The number of rotatable bonds is 3. The molecule has 0 fully saturated rings. The molecule has 0 unspecified atom stereocenters. The molecule has 2 aromatic carbocycles. The van der Waals surface area contributed by atoms with E-state index in [0.717, 1.165) is 28.2 Å². The largest absolute Gasteiger partial charge is 0.496 e. The number of ether oxygens (including phenoxy) is 2. The molecule has 0 radical (unpaired) electrons.